The standard InChI is InChI=1S/C24H24N6OS2/c1-17-22(33-24(27-17)19-8-5-13-32-19)23(31)28-20-14-21(26-16-25-20)30-11-9-29(10-12-30)15-18-6-3-2-4-7-18/h2-8,13-14,16H,9-12,15H2,1H3,(H,25,26,28,31). The molecule has 0 saturated carbocycles. The highest BCUT2D eigenvalue weighted by Gasteiger charge is 2.20. The zero-order valence-electron chi connectivity index (χ0n) is 18.3. The van der Waals surface area contributed by atoms with Crippen LogP contribution in [-0.4, -0.2) is 51.9 Å². The number of piperazine rings is 1. The Morgan fingerprint density at radius 3 is 2.64 bits per heavy atom. The summed E-state index contributed by atoms with van der Waals surface area (Å²) in [5.74, 6) is 1.15. The molecule has 168 valence electrons. The number of amides is 1. The minimum Gasteiger partial charge on any atom is -0.354 e. The third-order valence-corrected chi connectivity index (χ3v) is 7.77. The lowest BCUT2D eigenvalue weighted by Gasteiger charge is -2.35. The van der Waals surface area contributed by atoms with Gasteiger partial charge in [-0.25, -0.2) is 15.0 Å². The van der Waals surface area contributed by atoms with E-state index in [1.54, 1.807) is 11.3 Å². The van der Waals surface area contributed by atoms with Crippen molar-refractivity contribution in [3.63, 3.8) is 0 Å². The molecule has 1 N–H and O–H groups in total. The lowest BCUT2D eigenvalue weighted by Crippen LogP contribution is -2.46. The molecule has 4 heterocycles. The first-order chi connectivity index (χ1) is 16.2. The minimum atomic E-state index is -0.190. The van der Waals surface area contributed by atoms with E-state index in [0.717, 1.165) is 54.1 Å². The van der Waals surface area contributed by atoms with Crippen LogP contribution in [0.3, 0.4) is 0 Å². The zero-order valence-corrected chi connectivity index (χ0v) is 19.9. The van der Waals surface area contributed by atoms with Crippen molar-refractivity contribution in [1.82, 2.24) is 19.9 Å². The van der Waals surface area contributed by atoms with Crippen LogP contribution in [0.25, 0.3) is 9.88 Å². The second-order valence-electron chi connectivity index (χ2n) is 7.88. The van der Waals surface area contributed by atoms with Crippen LogP contribution in [0, 0.1) is 6.92 Å². The predicted octanol–water partition coefficient (Wildman–Crippen LogP) is 4.54. The lowest BCUT2D eigenvalue weighted by molar-refractivity contribution is 0.102. The molecular weight excluding hydrogens is 452 g/mol. The van der Waals surface area contributed by atoms with Crippen molar-refractivity contribution in [2.75, 3.05) is 36.4 Å². The molecule has 1 aliphatic rings. The summed E-state index contributed by atoms with van der Waals surface area (Å²) in [6.07, 6.45) is 1.51. The van der Waals surface area contributed by atoms with Crippen molar-refractivity contribution < 1.29 is 4.79 Å². The Labute approximate surface area is 200 Å². The summed E-state index contributed by atoms with van der Waals surface area (Å²) in [7, 11) is 0. The van der Waals surface area contributed by atoms with Gasteiger partial charge in [0.2, 0.25) is 0 Å². The number of hydrogen-bond donors (Lipinski definition) is 1. The molecule has 0 atom stereocenters. The molecule has 1 saturated heterocycles. The quantitative estimate of drug-likeness (QED) is 0.440. The van der Waals surface area contributed by atoms with Gasteiger partial charge in [0.25, 0.3) is 5.91 Å². The molecule has 7 nitrogen and oxygen atoms in total. The number of aryl methyl sites for hydroxylation is 1. The van der Waals surface area contributed by atoms with E-state index in [2.05, 4.69) is 54.3 Å². The Hall–Kier alpha value is -3.14. The lowest BCUT2D eigenvalue weighted by atomic mass is 10.2. The van der Waals surface area contributed by atoms with E-state index in [1.807, 2.05) is 36.6 Å². The average Bonchev–Trinajstić information content (AvgIpc) is 3.50. The Kier molecular flexibility index (Phi) is 6.43. The largest absolute Gasteiger partial charge is 0.354 e. The fourth-order valence-electron chi connectivity index (χ4n) is 3.85. The van der Waals surface area contributed by atoms with E-state index < -0.39 is 0 Å². The van der Waals surface area contributed by atoms with Crippen molar-refractivity contribution >= 4 is 40.2 Å². The average molecular weight is 477 g/mol. The monoisotopic (exact) mass is 476 g/mol. The van der Waals surface area contributed by atoms with Gasteiger partial charge in [-0.2, -0.15) is 0 Å². The predicted molar refractivity (Wildman–Crippen MR) is 134 cm³/mol. The molecule has 0 unspecified atom stereocenters. The second kappa shape index (κ2) is 9.78. The Balaban J connectivity index is 1.22. The van der Waals surface area contributed by atoms with Gasteiger partial charge in [0.05, 0.1) is 10.6 Å². The van der Waals surface area contributed by atoms with Crippen LogP contribution in [0.1, 0.15) is 20.9 Å². The summed E-state index contributed by atoms with van der Waals surface area (Å²) in [6, 6.07) is 16.4. The van der Waals surface area contributed by atoms with Crippen LogP contribution in [0.15, 0.2) is 60.2 Å². The Morgan fingerprint density at radius 2 is 1.88 bits per heavy atom. The highest BCUT2D eigenvalue weighted by Crippen LogP contribution is 2.31. The van der Waals surface area contributed by atoms with Gasteiger partial charge >= 0.3 is 0 Å². The first-order valence-electron chi connectivity index (χ1n) is 10.8. The van der Waals surface area contributed by atoms with Gasteiger partial charge in [-0.15, -0.1) is 22.7 Å². The molecule has 33 heavy (non-hydrogen) atoms. The number of anilines is 2. The topological polar surface area (TPSA) is 74.2 Å². The van der Waals surface area contributed by atoms with Crippen molar-refractivity contribution in [2.45, 2.75) is 13.5 Å². The molecule has 0 spiro atoms. The fraction of sp³-hybridized carbons (Fsp3) is 0.250. The van der Waals surface area contributed by atoms with Crippen LogP contribution in [0.2, 0.25) is 0 Å². The normalized spacial score (nSPS) is 14.4. The highest BCUT2D eigenvalue weighted by molar-refractivity contribution is 7.22. The SMILES string of the molecule is Cc1nc(-c2cccs2)sc1C(=O)Nc1cc(N2CCN(Cc3ccccc3)CC2)ncn1. The van der Waals surface area contributed by atoms with Gasteiger partial charge in [-0.1, -0.05) is 36.4 Å². The van der Waals surface area contributed by atoms with Crippen molar-refractivity contribution in [3.8, 4) is 9.88 Å². The van der Waals surface area contributed by atoms with Crippen LogP contribution in [0.4, 0.5) is 11.6 Å². The number of aromatic nitrogens is 3. The summed E-state index contributed by atoms with van der Waals surface area (Å²) in [5.41, 5.74) is 2.06. The van der Waals surface area contributed by atoms with E-state index >= 15 is 0 Å². The molecule has 0 bridgehead atoms. The number of carbonyl (C=O) groups excluding carboxylic acids is 1. The summed E-state index contributed by atoms with van der Waals surface area (Å²) < 4.78 is 0. The molecule has 0 aliphatic carbocycles. The molecule has 4 aromatic rings. The molecule has 5 rings (SSSR count). The van der Waals surface area contributed by atoms with E-state index in [4.69, 9.17) is 0 Å². The van der Waals surface area contributed by atoms with Crippen LogP contribution < -0.4 is 10.2 Å². The molecule has 1 amide bonds. The summed E-state index contributed by atoms with van der Waals surface area (Å²) in [4.78, 5) is 32.5. The molecule has 1 aromatic carbocycles. The summed E-state index contributed by atoms with van der Waals surface area (Å²) >= 11 is 3.02. The number of thiazole rings is 1. The maximum Gasteiger partial charge on any atom is 0.268 e. The Morgan fingerprint density at radius 1 is 1.06 bits per heavy atom. The molecule has 3 aromatic heterocycles. The van der Waals surface area contributed by atoms with E-state index in [9.17, 15) is 4.79 Å². The van der Waals surface area contributed by atoms with E-state index in [1.165, 1.54) is 23.2 Å². The minimum absolute atomic E-state index is 0.190. The number of nitrogens with zero attached hydrogens (tertiary/aromatic N) is 5. The number of nitrogens with one attached hydrogen (secondary N) is 1. The third kappa shape index (κ3) is 5.11. The first-order valence-corrected chi connectivity index (χ1v) is 12.5. The van der Waals surface area contributed by atoms with Crippen LogP contribution in [0.5, 0.6) is 0 Å². The third-order valence-electron chi connectivity index (χ3n) is 5.57. The van der Waals surface area contributed by atoms with Crippen molar-refractivity contribution in [1.29, 1.82) is 0 Å². The zero-order chi connectivity index (χ0) is 22.6. The highest BCUT2D eigenvalue weighted by atomic mass is 32.1. The smallest absolute Gasteiger partial charge is 0.268 e. The van der Waals surface area contributed by atoms with Gasteiger partial charge < -0.3 is 10.2 Å². The number of carbonyl (C=O) groups is 1. The van der Waals surface area contributed by atoms with Gasteiger partial charge in [0.15, 0.2) is 0 Å². The molecule has 9 heteroatoms. The number of rotatable bonds is 6. The molecule has 0 radical (unpaired) electrons. The Bertz CT molecular complexity index is 1220. The van der Waals surface area contributed by atoms with Crippen LogP contribution >= 0.6 is 22.7 Å². The van der Waals surface area contributed by atoms with Crippen molar-refractivity contribution in [2.24, 2.45) is 0 Å². The fourth-order valence-corrected chi connectivity index (χ4v) is 5.61. The number of hydrogen-bond acceptors (Lipinski definition) is 8. The second-order valence-corrected chi connectivity index (χ2v) is 9.82. The van der Waals surface area contributed by atoms with Crippen molar-refractivity contribution in [3.05, 3.63) is 76.4 Å². The van der Waals surface area contributed by atoms with Gasteiger partial charge in [-0.3, -0.25) is 9.69 Å². The first kappa shape index (κ1) is 21.7. The van der Waals surface area contributed by atoms with E-state index in [-0.39, 0.29) is 5.91 Å². The van der Waals surface area contributed by atoms with Gasteiger partial charge in [0.1, 0.15) is 27.8 Å². The van der Waals surface area contributed by atoms with Crippen LogP contribution in [-0.2, 0) is 6.54 Å². The maximum absolute atomic E-state index is 12.9. The van der Waals surface area contributed by atoms with Gasteiger partial charge in [-0.05, 0) is 23.9 Å². The molecule has 1 aliphatic heterocycles. The number of benzene rings is 1. The van der Waals surface area contributed by atoms with E-state index in [0.29, 0.717) is 10.7 Å². The molecular formula is C24H24N6OS2. The summed E-state index contributed by atoms with van der Waals surface area (Å²) in [6.45, 7) is 6.52. The molecule has 1 fully saturated rings. The van der Waals surface area contributed by atoms with Gasteiger partial charge in [0, 0.05) is 38.8 Å². The maximum atomic E-state index is 12.9. The number of thiophene rings is 1. The summed E-state index contributed by atoms with van der Waals surface area (Å²) in [5, 5.41) is 5.80.